The van der Waals surface area contributed by atoms with Crippen molar-refractivity contribution in [1.82, 2.24) is 0 Å². The minimum absolute atomic E-state index is 0.171. The van der Waals surface area contributed by atoms with Gasteiger partial charge in [-0.1, -0.05) is 20.4 Å². The fourth-order valence-electron chi connectivity index (χ4n) is 0.958. The van der Waals surface area contributed by atoms with Crippen LogP contribution >= 0.6 is 0 Å². The van der Waals surface area contributed by atoms with Gasteiger partial charge in [-0.2, -0.15) is 5.26 Å². The molecule has 1 atom stereocenters. The molecule has 2 nitrogen and oxygen atoms in total. The van der Waals surface area contributed by atoms with Gasteiger partial charge in [0.05, 0.1) is 12.7 Å². The average Bonchev–Trinajstić information content (AvgIpc) is 1.98. The van der Waals surface area contributed by atoms with Gasteiger partial charge in [0.1, 0.15) is 0 Å². The lowest BCUT2D eigenvalue weighted by atomic mass is 9.90. The van der Waals surface area contributed by atoms with Crippen molar-refractivity contribution in [2.45, 2.75) is 13.8 Å². The van der Waals surface area contributed by atoms with E-state index in [0.717, 1.165) is 0 Å². The predicted molar refractivity (Wildman–Crippen MR) is 45.0 cm³/mol. The van der Waals surface area contributed by atoms with Gasteiger partial charge >= 0.3 is 0 Å². The number of hydrogen-bond acceptors (Lipinski definition) is 2. The molecule has 0 saturated carbocycles. The van der Waals surface area contributed by atoms with Crippen molar-refractivity contribution in [3.05, 3.63) is 12.2 Å². The quantitative estimate of drug-likeness (QED) is 0.578. The van der Waals surface area contributed by atoms with E-state index in [-0.39, 0.29) is 5.92 Å². The maximum absolute atomic E-state index is 8.58. The molecule has 0 amide bonds. The van der Waals surface area contributed by atoms with Gasteiger partial charge in [0.15, 0.2) is 0 Å². The molecule has 0 N–H and O–H groups in total. The van der Waals surface area contributed by atoms with Crippen molar-refractivity contribution >= 4 is 0 Å². The molecule has 0 heterocycles. The van der Waals surface area contributed by atoms with Crippen molar-refractivity contribution < 1.29 is 4.74 Å². The van der Waals surface area contributed by atoms with Gasteiger partial charge in [-0.05, 0) is 5.92 Å². The Morgan fingerprint density at radius 2 is 2.18 bits per heavy atom. The highest BCUT2D eigenvalue weighted by atomic mass is 16.5. The average molecular weight is 153 g/mol. The van der Waals surface area contributed by atoms with Crippen LogP contribution in [0.3, 0.4) is 0 Å². The summed E-state index contributed by atoms with van der Waals surface area (Å²) in [5.74, 6) is 0.590. The predicted octanol–water partition coefficient (Wildman–Crippen LogP) is 1.98. The van der Waals surface area contributed by atoms with Crippen molar-refractivity contribution in [2.24, 2.45) is 11.8 Å². The van der Waals surface area contributed by atoms with E-state index < -0.39 is 0 Å². The third-order valence-electron chi connectivity index (χ3n) is 1.74. The fourth-order valence-corrected chi connectivity index (χ4v) is 0.958. The lowest BCUT2D eigenvalue weighted by Gasteiger charge is -2.17. The molecule has 0 aromatic rings. The first-order valence-corrected chi connectivity index (χ1v) is 3.71. The molecule has 0 aliphatic heterocycles. The van der Waals surface area contributed by atoms with E-state index in [1.807, 2.05) is 0 Å². The van der Waals surface area contributed by atoms with Gasteiger partial charge in [-0.3, -0.25) is 0 Å². The van der Waals surface area contributed by atoms with E-state index in [0.29, 0.717) is 18.1 Å². The minimum atomic E-state index is 0.171. The van der Waals surface area contributed by atoms with E-state index in [1.54, 1.807) is 7.11 Å². The van der Waals surface area contributed by atoms with Crippen LogP contribution in [0.5, 0.6) is 0 Å². The molecule has 0 fully saturated rings. The molecule has 62 valence electrons. The number of ether oxygens (including phenoxy) is 1. The lowest BCUT2D eigenvalue weighted by Crippen LogP contribution is -2.16. The van der Waals surface area contributed by atoms with Crippen molar-refractivity contribution in [3.8, 4) is 6.07 Å². The molecule has 0 rings (SSSR count). The van der Waals surface area contributed by atoms with Crippen LogP contribution in [-0.4, -0.2) is 13.7 Å². The smallest absolute Gasteiger partial charge is 0.0944 e. The normalized spacial score (nSPS) is 12.6. The third kappa shape index (κ3) is 3.20. The summed E-state index contributed by atoms with van der Waals surface area (Å²) in [4.78, 5) is 0. The molecule has 0 spiro atoms. The summed E-state index contributed by atoms with van der Waals surface area (Å²) in [5.41, 5.74) is 0.613. The summed E-state index contributed by atoms with van der Waals surface area (Å²) >= 11 is 0. The van der Waals surface area contributed by atoms with E-state index in [1.165, 1.54) is 0 Å². The van der Waals surface area contributed by atoms with Crippen LogP contribution in [0, 0.1) is 23.2 Å². The summed E-state index contributed by atoms with van der Waals surface area (Å²) < 4.78 is 4.98. The topological polar surface area (TPSA) is 33.0 Å². The van der Waals surface area contributed by atoms with Gasteiger partial charge in [-0.15, -0.1) is 0 Å². The second kappa shape index (κ2) is 4.92. The molecular weight excluding hydrogens is 138 g/mol. The van der Waals surface area contributed by atoms with Crippen molar-refractivity contribution in [2.75, 3.05) is 13.7 Å². The van der Waals surface area contributed by atoms with Gasteiger partial charge in [-0.25, -0.2) is 0 Å². The Kier molecular flexibility index (Phi) is 4.56. The summed E-state index contributed by atoms with van der Waals surface area (Å²) in [7, 11) is 1.64. The molecule has 1 unspecified atom stereocenters. The van der Waals surface area contributed by atoms with Gasteiger partial charge in [0, 0.05) is 18.6 Å². The monoisotopic (exact) mass is 153 g/mol. The van der Waals surface area contributed by atoms with Crippen molar-refractivity contribution in [1.29, 1.82) is 5.26 Å². The highest BCUT2D eigenvalue weighted by Gasteiger charge is 2.15. The summed E-state index contributed by atoms with van der Waals surface area (Å²) in [6.07, 6.45) is 0. The molecule has 11 heavy (non-hydrogen) atoms. The Hall–Kier alpha value is -0.810. The Labute approximate surface area is 68.5 Å². The highest BCUT2D eigenvalue weighted by Crippen LogP contribution is 2.18. The van der Waals surface area contributed by atoms with Crippen LogP contribution in [0.2, 0.25) is 0 Å². The second-order valence-electron chi connectivity index (χ2n) is 2.94. The Morgan fingerprint density at radius 3 is 2.45 bits per heavy atom. The number of nitrogens with zero attached hydrogens (tertiary/aromatic N) is 1. The van der Waals surface area contributed by atoms with Crippen molar-refractivity contribution in [3.63, 3.8) is 0 Å². The zero-order valence-electron chi connectivity index (χ0n) is 7.42. The Bertz CT molecular complexity index is 167. The molecular formula is C9H15NO. The molecule has 0 bridgehead atoms. The van der Waals surface area contributed by atoms with E-state index in [4.69, 9.17) is 10.00 Å². The first kappa shape index (κ1) is 10.2. The van der Waals surface area contributed by atoms with Gasteiger partial charge in [0.2, 0.25) is 0 Å². The maximum Gasteiger partial charge on any atom is 0.0944 e. The van der Waals surface area contributed by atoms with Crippen LogP contribution in [0.25, 0.3) is 0 Å². The molecule has 0 aromatic carbocycles. The minimum Gasteiger partial charge on any atom is -0.384 e. The summed E-state index contributed by atoms with van der Waals surface area (Å²) in [6.45, 7) is 8.38. The highest BCUT2D eigenvalue weighted by molar-refractivity contribution is 5.20. The standard InChI is InChI=1S/C9H15NO/c1-7(2)9(6-11-4)8(3)5-10/h7,9H,3,6H2,1-2,4H3. The lowest BCUT2D eigenvalue weighted by molar-refractivity contribution is 0.148. The fraction of sp³-hybridized carbons (Fsp3) is 0.667. The summed E-state index contributed by atoms with van der Waals surface area (Å²) in [6, 6.07) is 2.06. The molecule has 0 aliphatic rings. The molecule has 0 aliphatic carbocycles. The van der Waals surface area contributed by atoms with E-state index in [2.05, 4.69) is 26.5 Å². The number of hydrogen-bond donors (Lipinski definition) is 0. The Balaban J connectivity index is 4.12. The third-order valence-corrected chi connectivity index (χ3v) is 1.74. The Morgan fingerprint density at radius 1 is 1.64 bits per heavy atom. The number of rotatable bonds is 4. The number of methoxy groups -OCH3 is 1. The first-order valence-electron chi connectivity index (χ1n) is 3.71. The molecule has 0 radical (unpaired) electrons. The van der Waals surface area contributed by atoms with Gasteiger partial charge < -0.3 is 4.74 Å². The SMILES string of the molecule is C=C(C#N)C(COC)C(C)C. The molecule has 0 saturated heterocycles. The number of nitriles is 1. The first-order chi connectivity index (χ1) is 5.13. The zero-order chi connectivity index (χ0) is 8.85. The van der Waals surface area contributed by atoms with Gasteiger partial charge in [0.25, 0.3) is 0 Å². The van der Waals surface area contributed by atoms with E-state index in [9.17, 15) is 0 Å². The van der Waals surface area contributed by atoms with Crippen LogP contribution in [0.15, 0.2) is 12.2 Å². The summed E-state index contributed by atoms with van der Waals surface area (Å²) in [5, 5.41) is 8.58. The largest absolute Gasteiger partial charge is 0.384 e. The molecule has 2 heteroatoms. The van der Waals surface area contributed by atoms with Crippen LogP contribution in [0.4, 0.5) is 0 Å². The second-order valence-corrected chi connectivity index (χ2v) is 2.94. The zero-order valence-corrected chi connectivity index (χ0v) is 7.42. The molecule has 0 aromatic heterocycles. The maximum atomic E-state index is 8.58. The van der Waals surface area contributed by atoms with Crippen LogP contribution in [-0.2, 0) is 4.74 Å². The van der Waals surface area contributed by atoms with Crippen LogP contribution in [0.1, 0.15) is 13.8 Å². The van der Waals surface area contributed by atoms with E-state index >= 15 is 0 Å². The van der Waals surface area contributed by atoms with Crippen LogP contribution < -0.4 is 0 Å².